The van der Waals surface area contributed by atoms with Crippen LogP contribution in [0.5, 0.6) is 11.5 Å². The molecule has 2 aromatic rings. The van der Waals surface area contributed by atoms with Gasteiger partial charge >= 0.3 is 0 Å². The molecule has 3 rings (SSSR count). The first-order valence-corrected chi connectivity index (χ1v) is 8.17. The zero-order valence-corrected chi connectivity index (χ0v) is 15.3. The highest BCUT2D eigenvalue weighted by Crippen LogP contribution is 2.37. The predicted octanol–water partition coefficient (Wildman–Crippen LogP) is 4.11. The van der Waals surface area contributed by atoms with Crippen LogP contribution >= 0.6 is 28.3 Å². The number of pyridine rings is 1. The van der Waals surface area contributed by atoms with Crippen molar-refractivity contribution < 1.29 is 9.47 Å². The third-order valence-electron chi connectivity index (χ3n) is 3.57. The molecule has 0 atom stereocenters. The first-order valence-electron chi connectivity index (χ1n) is 7.38. The molecule has 0 radical (unpaired) electrons. The van der Waals surface area contributed by atoms with E-state index in [0.29, 0.717) is 12.6 Å². The van der Waals surface area contributed by atoms with Crippen LogP contribution in [0.4, 0.5) is 0 Å². The minimum absolute atomic E-state index is 0. The number of rotatable bonds is 7. The first-order chi connectivity index (χ1) is 10.8. The van der Waals surface area contributed by atoms with Gasteiger partial charge in [-0.05, 0) is 52.5 Å². The van der Waals surface area contributed by atoms with Gasteiger partial charge in [0, 0.05) is 30.5 Å². The largest absolute Gasteiger partial charge is 0.493 e. The Labute approximate surface area is 151 Å². The molecule has 0 spiro atoms. The highest BCUT2D eigenvalue weighted by Gasteiger charge is 2.20. The van der Waals surface area contributed by atoms with Crippen molar-refractivity contribution in [1.29, 1.82) is 0 Å². The monoisotopic (exact) mass is 398 g/mol. The summed E-state index contributed by atoms with van der Waals surface area (Å²) < 4.78 is 12.3. The van der Waals surface area contributed by atoms with Crippen molar-refractivity contribution in [2.24, 2.45) is 0 Å². The Balaban J connectivity index is 0.00000192. The van der Waals surface area contributed by atoms with Gasteiger partial charge in [-0.15, -0.1) is 12.4 Å². The van der Waals surface area contributed by atoms with E-state index in [4.69, 9.17) is 9.47 Å². The van der Waals surface area contributed by atoms with E-state index in [9.17, 15) is 0 Å². The van der Waals surface area contributed by atoms with Gasteiger partial charge in [0.15, 0.2) is 11.5 Å². The molecular weight excluding hydrogens is 380 g/mol. The number of benzene rings is 1. The standard InChI is InChI=1S/C17H19BrN2O2.ClH/c1-21-16-8-13(10-20-14-4-5-14)7-15(18)17(16)22-11-12-3-2-6-19-9-12;/h2-3,6-9,14,20H,4-5,10-11H2,1H3;1H. The Hall–Kier alpha value is -1.30. The Kier molecular flexibility index (Phi) is 6.69. The molecule has 1 aromatic carbocycles. The van der Waals surface area contributed by atoms with Gasteiger partial charge in [-0.2, -0.15) is 0 Å². The van der Waals surface area contributed by atoms with Crippen LogP contribution in [0.1, 0.15) is 24.0 Å². The number of hydrogen-bond donors (Lipinski definition) is 1. The van der Waals surface area contributed by atoms with E-state index in [2.05, 4.69) is 32.3 Å². The number of hydrogen-bond acceptors (Lipinski definition) is 4. The summed E-state index contributed by atoms with van der Waals surface area (Å²) in [7, 11) is 1.66. The molecule has 1 saturated carbocycles. The van der Waals surface area contributed by atoms with Crippen molar-refractivity contribution in [2.75, 3.05) is 7.11 Å². The van der Waals surface area contributed by atoms with Crippen molar-refractivity contribution >= 4 is 28.3 Å². The maximum absolute atomic E-state index is 5.91. The number of nitrogens with zero attached hydrogens (tertiary/aromatic N) is 1. The van der Waals surface area contributed by atoms with Gasteiger partial charge in [0.1, 0.15) is 6.61 Å². The van der Waals surface area contributed by atoms with Crippen molar-refractivity contribution in [2.45, 2.75) is 32.0 Å². The Morgan fingerprint density at radius 2 is 2.13 bits per heavy atom. The van der Waals surface area contributed by atoms with E-state index in [1.165, 1.54) is 18.4 Å². The highest BCUT2D eigenvalue weighted by molar-refractivity contribution is 9.10. The van der Waals surface area contributed by atoms with Crippen molar-refractivity contribution in [3.8, 4) is 11.5 Å². The van der Waals surface area contributed by atoms with Crippen molar-refractivity contribution in [3.05, 3.63) is 52.3 Å². The van der Waals surface area contributed by atoms with E-state index in [-0.39, 0.29) is 12.4 Å². The smallest absolute Gasteiger partial charge is 0.175 e. The summed E-state index contributed by atoms with van der Waals surface area (Å²) >= 11 is 3.59. The zero-order chi connectivity index (χ0) is 15.4. The molecule has 1 aromatic heterocycles. The summed E-state index contributed by atoms with van der Waals surface area (Å²) in [5.41, 5.74) is 2.21. The van der Waals surface area contributed by atoms with Crippen LogP contribution in [0.25, 0.3) is 0 Å². The summed E-state index contributed by atoms with van der Waals surface area (Å²) in [6.45, 7) is 1.31. The molecule has 124 valence electrons. The lowest BCUT2D eigenvalue weighted by Gasteiger charge is -2.14. The molecule has 1 heterocycles. The second-order valence-electron chi connectivity index (χ2n) is 5.41. The molecule has 4 nitrogen and oxygen atoms in total. The second kappa shape index (κ2) is 8.52. The molecule has 23 heavy (non-hydrogen) atoms. The van der Waals surface area contributed by atoms with Crippen LogP contribution in [-0.2, 0) is 13.2 Å². The Bertz CT molecular complexity index is 636. The minimum Gasteiger partial charge on any atom is -0.493 e. The SMILES string of the molecule is COc1cc(CNC2CC2)cc(Br)c1OCc1cccnc1.Cl. The number of aromatic nitrogens is 1. The maximum atomic E-state index is 5.91. The predicted molar refractivity (Wildman–Crippen MR) is 96.4 cm³/mol. The summed E-state index contributed by atoms with van der Waals surface area (Å²) in [4.78, 5) is 4.09. The van der Waals surface area contributed by atoms with Gasteiger partial charge in [-0.3, -0.25) is 4.98 Å². The van der Waals surface area contributed by atoms with Gasteiger partial charge < -0.3 is 14.8 Å². The number of methoxy groups -OCH3 is 1. The minimum atomic E-state index is 0. The molecule has 0 aliphatic heterocycles. The number of halogens is 2. The lowest BCUT2D eigenvalue weighted by atomic mass is 10.2. The zero-order valence-electron chi connectivity index (χ0n) is 12.9. The molecular formula is C17H20BrClN2O2. The summed E-state index contributed by atoms with van der Waals surface area (Å²) in [5.74, 6) is 1.47. The average molecular weight is 400 g/mol. The van der Waals surface area contributed by atoms with Gasteiger partial charge in [-0.1, -0.05) is 6.07 Å². The summed E-state index contributed by atoms with van der Waals surface area (Å²) in [5, 5.41) is 3.50. The van der Waals surface area contributed by atoms with Crippen molar-refractivity contribution in [1.82, 2.24) is 10.3 Å². The Morgan fingerprint density at radius 3 is 2.78 bits per heavy atom. The van der Waals surface area contributed by atoms with Crippen molar-refractivity contribution in [3.63, 3.8) is 0 Å². The van der Waals surface area contributed by atoms with E-state index < -0.39 is 0 Å². The molecule has 0 amide bonds. The normalized spacial score (nSPS) is 13.3. The highest BCUT2D eigenvalue weighted by atomic mass is 79.9. The second-order valence-corrected chi connectivity index (χ2v) is 6.27. The average Bonchev–Trinajstić information content (AvgIpc) is 3.36. The van der Waals surface area contributed by atoms with Crippen LogP contribution < -0.4 is 14.8 Å². The molecule has 1 N–H and O–H groups in total. The third kappa shape index (κ3) is 5.09. The van der Waals surface area contributed by atoms with Crippen LogP contribution in [0, 0.1) is 0 Å². The van der Waals surface area contributed by atoms with Crippen LogP contribution in [0.15, 0.2) is 41.1 Å². The lowest BCUT2D eigenvalue weighted by molar-refractivity contribution is 0.282. The quantitative estimate of drug-likeness (QED) is 0.761. The lowest BCUT2D eigenvalue weighted by Crippen LogP contribution is -2.15. The molecule has 0 bridgehead atoms. The van der Waals surface area contributed by atoms with Gasteiger partial charge in [0.05, 0.1) is 11.6 Å². The number of ether oxygens (including phenoxy) is 2. The molecule has 6 heteroatoms. The molecule has 0 unspecified atom stereocenters. The van der Waals surface area contributed by atoms with E-state index >= 15 is 0 Å². The van der Waals surface area contributed by atoms with Gasteiger partial charge in [0.2, 0.25) is 0 Å². The fraction of sp³-hybridized carbons (Fsp3) is 0.353. The third-order valence-corrected chi connectivity index (χ3v) is 4.16. The van der Waals surface area contributed by atoms with E-state index in [1.54, 1.807) is 19.5 Å². The van der Waals surface area contributed by atoms with E-state index in [0.717, 1.165) is 28.1 Å². The van der Waals surface area contributed by atoms with Crippen LogP contribution in [0.2, 0.25) is 0 Å². The van der Waals surface area contributed by atoms with Crippen LogP contribution in [-0.4, -0.2) is 18.1 Å². The topological polar surface area (TPSA) is 43.4 Å². The molecule has 1 fully saturated rings. The maximum Gasteiger partial charge on any atom is 0.175 e. The number of nitrogens with one attached hydrogen (secondary N) is 1. The molecule has 0 saturated heterocycles. The molecule has 1 aliphatic rings. The van der Waals surface area contributed by atoms with E-state index in [1.807, 2.05) is 18.2 Å². The fourth-order valence-electron chi connectivity index (χ4n) is 2.20. The Morgan fingerprint density at radius 1 is 1.30 bits per heavy atom. The molecule has 1 aliphatic carbocycles. The van der Waals surface area contributed by atoms with Crippen LogP contribution in [0.3, 0.4) is 0 Å². The summed E-state index contributed by atoms with van der Waals surface area (Å²) in [6.07, 6.45) is 6.12. The summed E-state index contributed by atoms with van der Waals surface area (Å²) in [6, 6.07) is 8.68. The first kappa shape index (κ1) is 18.0. The van der Waals surface area contributed by atoms with Gasteiger partial charge in [0.25, 0.3) is 0 Å². The van der Waals surface area contributed by atoms with Gasteiger partial charge in [-0.25, -0.2) is 0 Å². The fourth-order valence-corrected chi connectivity index (χ4v) is 2.81.